The standard InChI is InChI=1S/C27H27F2N3O4/c28-20-11-7-18(8-12-20)17-32(24(33)16-30-26(34)23-6-3-15-36-23)25(19-9-13-21(29)14-10-19)27(35)31-22-4-1-2-5-22/h3,6-15,22,25H,1-2,4-5,16-17H2,(H,30,34)(H,31,35). The highest BCUT2D eigenvalue weighted by Crippen LogP contribution is 2.26. The van der Waals surface area contributed by atoms with Crippen LogP contribution in [0.1, 0.15) is 53.4 Å². The first kappa shape index (κ1) is 25.1. The summed E-state index contributed by atoms with van der Waals surface area (Å²) >= 11 is 0. The first-order valence-corrected chi connectivity index (χ1v) is 11.8. The van der Waals surface area contributed by atoms with E-state index in [-0.39, 0.29) is 18.3 Å². The largest absolute Gasteiger partial charge is 0.459 e. The SMILES string of the molecule is O=C(NCC(=O)N(Cc1ccc(F)cc1)C(C(=O)NC1CCCC1)c1ccc(F)cc1)c1ccco1. The van der Waals surface area contributed by atoms with Crippen molar-refractivity contribution in [2.24, 2.45) is 0 Å². The van der Waals surface area contributed by atoms with Gasteiger partial charge >= 0.3 is 0 Å². The summed E-state index contributed by atoms with van der Waals surface area (Å²) in [5.41, 5.74) is 1.00. The number of benzene rings is 2. The normalized spacial score (nSPS) is 14.3. The van der Waals surface area contributed by atoms with Crippen molar-refractivity contribution in [3.63, 3.8) is 0 Å². The van der Waals surface area contributed by atoms with E-state index in [4.69, 9.17) is 4.42 Å². The van der Waals surface area contributed by atoms with Crippen molar-refractivity contribution in [2.45, 2.75) is 44.3 Å². The van der Waals surface area contributed by atoms with E-state index >= 15 is 0 Å². The molecule has 0 radical (unpaired) electrons. The van der Waals surface area contributed by atoms with E-state index < -0.39 is 41.9 Å². The number of nitrogens with zero attached hydrogens (tertiary/aromatic N) is 1. The second-order valence-corrected chi connectivity index (χ2v) is 8.75. The van der Waals surface area contributed by atoms with E-state index in [0.717, 1.165) is 25.7 Å². The fourth-order valence-corrected chi connectivity index (χ4v) is 4.33. The molecular weight excluding hydrogens is 468 g/mol. The highest BCUT2D eigenvalue weighted by Gasteiger charge is 2.33. The molecular formula is C27H27F2N3O4. The molecule has 2 N–H and O–H groups in total. The fourth-order valence-electron chi connectivity index (χ4n) is 4.33. The van der Waals surface area contributed by atoms with Crippen LogP contribution in [0, 0.1) is 11.6 Å². The Bertz CT molecular complexity index is 1170. The number of carbonyl (C=O) groups excluding carboxylic acids is 3. The van der Waals surface area contributed by atoms with Crippen LogP contribution in [0.4, 0.5) is 8.78 Å². The average Bonchev–Trinajstić information content (AvgIpc) is 3.59. The summed E-state index contributed by atoms with van der Waals surface area (Å²) in [5.74, 6) is -2.39. The van der Waals surface area contributed by atoms with Crippen molar-refractivity contribution in [1.82, 2.24) is 15.5 Å². The molecule has 0 aliphatic heterocycles. The molecule has 1 saturated carbocycles. The minimum Gasteiger partial charge on any atom is -0.459 e. The van der Waals surface area contributed by atoms with Gasteiger partial charge in [0, 0.05) is 12.6 Å². The van der Waals surface area contributed by atoms with Crippen LogP contribution in [0.5, 0.6) is 0 Å². The summed E-state index contributed by atoms with van der Waals surface area (Å²) in [6.07, 6.45) is 5.03. The van der Waals surface area contributed by atoms with Gasteiger partial charge in [-0.3, -0.25) is 14.4 Å². The quantitative estimate of drug-likeness (QED) is 0.467. The number of furan rings is 1. The molecule has 1 heterocycles. The zero-order valence-corrected chi connectivity index (χ0v) is 19.6. The summed E-state index contributed by atoms with van der Waals surface area (Å²) in [6.45, 7) is -0.439. The molecule has 7 nitrogen and oxygen atoms in total. The van der Waals surface area contributed by atoms with Gasteiger partial charge in [0.25, 0.3) is 5.91 Å². The first-order valence-electron chi connectivity index (χ1n) is 11.8. The molecule has 3 aromatic rings. The van der Waals surface area contributed by atoms with Gasteiger partial charge < -0.3 is 20.0 Å². The number of nitrogens with one attached hydrogen (secondary N) is 2. The molecule has 1 fully saturated rings. The van der Waals surface area contributed by atoms with Crippen LogP contribution >= 0.6 is 0 Å². The van der Waals surface area contributed by atoms with Crippen molar-refractivity contribution in [3.8, 4) is 0 Å². The van der Waals surface area contributed by atoms with Crippen molar-refractivity contribution in [2.75, 3.05) is 6.54 Å². The fraction of sp³-hybridized carbons (Fsp3) is 0.296. The van der Waals surface area contributed by atoms with Gasteiger partial charge in [0.15, 0.2) is 5.76 Å². The zero-order valence-electron chi connectivity index (χ0n) is 19.6. The Morgan fingerprint density at radius 1 is 0.944 bits per heavy atom. The molecule has 3 amide bonds. The van der Waals surface area contributed by atoms with Crippen LogP contribution in [-0.4, -0.2) is 35.2 Å². The highest BCUT2D eigenvalue weighted by atomic mass is 19.1. The Morgan fingerprint density at radius 3 is 2.19 bits per heavy atom. The molecule has 1 unspecified atom stereocenters. The van der Waals surface area contributed by atoms with E-state index in [1.165, 1.54) is 65.8 Å². The van der Waals surface area contributed by atoms with Gasteiger partial charge in [-0.25, -0.2) is 8.78 Å². The molecule has 1 aliphatic rings. The first-order chi connectivity index (χ1) is 17.4. The van der Waals surface area contributed by atoms with Gasteiger partial charge in [0.05, 0.1) is 12.8 Å². The van der Waals surface area contributed by atoms with Crippen LogP contribution in [0.25, 0.3) is 0 Å². The zero-order chi connectivity index (χ0) is 25.5. The molecule has 2 aromatic carbocycles. The maximum atomic E-state index is 13.7. The Morgan fingerprint density at radius 2 is 1.58 bits per heavy atom. The lowest BCUT2D eigenvalue weighted by molar-refractivity contribution is -0.141. The molecule has 0 saturated heterocycles. The summed E-state index contributed by atoms with van der Waals surface area (Å²) in [6, 6.07) is 12.9. The predicted molar refractivity (Wildman–Crippen MR) is 128 cm³/mol. The van der Waals surface area contributed by atoms with E-state index in [9.17, 15) is 23.2 Å². The number of halogens is 2. The summed E-state index contributed by atoms with van der Waals surface area (Å²) < 4.78 is 32.3. The van der Waals surface area contributed by atoms with Crippen LogP contribution in [0.3, 0.4) is 0 Å². The Balaban J connectivity index is 1.63. The molecule has 1 atom stereocenters. The van der Waals surface area contributed by atoms with Crippen LogP contribution in [0.15, 0.2) is 71.3 Å². The van der Waals surface area contributed by atoms with Gasteiger partial charge in [-0.2, -0.15) is 0 Å². The minimum atomic E-state index is -1.09. The number of amides is 3. The highest BCUT2D eigenvalue weighted by molar-refractivity contribution is 5.95. The third-order valence-electron chi connectivity index (χ3n) is 6.18. The van der Waals surface area contributed by atoms with Crippen LogP contribution < -0.4 is 10.6 Å². The maximum absolute atomic E-state index is 13.7. The van der Waals surface area contributed by atoms with Gasteiger partial charge in [0.1, 0.15) is 17.7 Å². The van der Waals surface area contributed by atoms with E-state index in [2.05, 4.69) is 10.6 Å². The van der Waals surface area contributed by atoms with Gasteiger partial charge in [-0.15, -0.1) is 0 Å². The van der Waals surface area contributed by atoms with Crippen LogP contribution in [-0.2, 0) is 16.1 Å². The van der Waals surface area contributed by atoms with Crippen molar-refractivity contribution < 1.29 is 27.6 Å². The second-order valence-electron chi connectivity index (χ2n) is 8.75. The molecule has 0 bridgehead atoms. The summed E-state index contributed by atoms with van der Waals surface area (Å²) in [4.78, 5) is 40.6. The molecule has 188 valence electrons. The van der Waals surface area contributed by atoms with Crippen LogP contribution in [0.2, 0.25) is 0 Å². The van der Waals surface area contributed by atoms with E-state index in [1.807, 2.05) is 0 Å². The molecule has 9 heteroatoms. The lowest BCUT2D eigenvalue weighted by Gasteiger charge is -2.32. The third-order valence-corrected chi connectivity index (χ3v) is 6.18. The Hall–Kier alpha value is -4.01. The molecule has 36 heavy (non-hydrogen) atoms. The lowest BCUT2D eigenvalue weighted by atomic mass is 10.0. The summed E-state index contributed by atoms with van der Waals surface area (Å²) in [5, 5.41) is 5.53. The lowest BCUT2D eigenvalue weighted by Crippen LogP contribution is -2.48. The Labute approximate surface area is 207 Å². The molecule has 1 aromatic heterocycles. The number of hydrogen-bond acceptors (Lipinski definition) is 4. The molecule has 1 aliphatic carbocycles. The van der Waals surface area contributed by atoms with Gasteiger partial charge in [0.2, 0.25) is 11.8 Å². The smallest absolute Gasteiger partial charge is 0.287 e. The maximum Gasteiger partial charge on any atom is 0.287 e. The van der Waals surface area contributed by atoms with Gasteiger partial charge in [-0.05, 0) is 60.4 Å². The molecule has 4 rings (SSSR count). The Kier molecular flexibility index (Phi) is 8.10. The average molecular weight is 496 g/mol. The van der Waals surface area contributed by atoms with E-state index in [0.29, 0.717) is 11.1 Å². The molecule has 0 spiro atoms. The van der Waals surface area contributed by atoms with E-state index in [1.54, 1.807) is 6.07 Å². The van der Waals surface area contributed by atoms with Crippen molar-refractivity contribution >= 4 is 17.7 Å². The number of hydrogen-bond donors (Lipinski definition) is 2. The number of rotatable bonds is 9. The third kappa shape index (κ3) is 6.35. The summed E-state index contributed by atoms with van der Waals surface area (Å²) in [7, 11) is 0. The van der Waals surface area contributed by atoms with Crippen molar-refractivity contribution in [3.05, 3.63) is 95.4 Å². The second kappa shape index (κ2) is 11.6. The van der Waals surface area contributed by atoms with Crippen molar-refractivity contribution in [1.29, 1.82) is 0 Å². The minimum absolute atomic E-state index is 0.0122. The topological polar surface area (TPSA) is 91.7 Å². The predicted octanol–water partition coefficient (Wildman–Crippen LogP) is 4.12. The van der Waals surface area contributed by atoms with Gasteiger partial charge in [-0.1, -0.05) is 37.1 Å². The number of carbonyl (C=O) groups is 3. The monoisotopic (exact) mass is 495 g/mol.